The summed E-state index contributed by atoms with van der Waals surface area (Å²) in [6, 6.07) is 7.27. The van der Waals surface area contributed by atoms with E-state index in [2.05, 4.69) is 10.3 Å². The number of benzene rings is 1. The monoisotopic (exact) mass is 365 g/mol. The minimum Gasteiger partial charge on any atom is -0.381 e. The van der Waals surface area contributed by atoms with E-state index in [-0.39, 0.29) is 25.0 Å². The zero-order valence-electron chi connectivity index (χ0n) is 14.2. The van der Waals surface area contributed by atoms with Gasteiger partial charge in [-0.3, -0.25) is 4.79 Å². The number of rotatable bonds is 6. The fourth-order valence-electron chi connectivity index (χ4n) is 3.17. The van der Waals surface area contributed by atoms with Crippen molar-refractivity contribution in [1.82, 2.24) is 14.6 Å². The number of H-pyrrole nitrogens is 1. The van der Waals surface area contributed by atoms with Gasteiger partial charge in [0.05, 0.1) is 6.26 Å². The number of amides is 1. The van der Waals surface area contributed by atoms with Crippen molar-refractivity contribution in [1.29, 1.82) is 0 Å². The van der Waals surface area contributed by atoms with Crippen molar-refractivity contribution in [3.05, 3.63) is 36.0 Å². The summed E-state index contributed by atoms with van der Waals surface area (Å²) < 4.78 is 30.9. The quantitative estimate of drug-likeness (QED) is 0.808. The van der Waals surface area contributed by atoms with Crippen LogP contribution in [0.2, 0.25) is 0 Å². The molecule has 25 heavy (non-hydrogen) atoms. The topological polar surface area (TPSA) is 91.5 Å². The summed E-state index contributed by atoms with van der Waals surface area (Å²) in [4.78, 5) is 15.4. The molecule has 136 valence electrons. The van der Waals surface area contributed by atoms with E-state index in [1.165, 1.54) is 10.6 Å². The van der Waals surface area contributed by atoms with Crippen molar-refractivity contribution in [2.75, 3.05) is 32.6 Å². The summed E-state index contributed by atoms with van der Waals surface area (Å²) in [7, 11) is -3.33. The molecule has 0 saturated carbocycles. The van der Waals surface area contributed by atoms with Crippen LogP contribution in [0.5, 0.6) is 0 Å². The molecule has 0 radical (unpaired) electrons. The van der Waals surface area contributed by atoms with Gasteiger partial charge in [0, 0.05) is 55.0 Å². The molecule has 0 atom stereocenters. The molecule has 0 bridgehead atoms. The lowest BCUT2D eigenvalue weighted by Crippen LogP contribution is -2.46. The number of nitrogens with one attached hydrogen (secondary N) is 2. The molecule has 2 N–H and O–H groups in total. The SMILES string of the molecule is CS(=O)(=O)N(CCNC(=O)c1ccc2[nH]ccc2c1)C1CCOCC1. The highest BCUT2D eigenvalue weighted by atomic mass is 32.2. The molecule has 1 amide bonds. The van der Waals surface area contributed by atoms with Crippen LogP contribution in [0.15, 0.2) is 30.5 Å². The number of ether oxygens (including phenoxy) is 1. The van der Waals surface area contributed by atoms with E-state index in [4.69, 9.17) is 4.74 Å². The van der Waals surface area contributed by atoms with E-state index < -0.39 is 10.0 Å². The van der Waals surface area contributed by atoms with Crippen LogP contribution >= 0.6 is 0 Å². The molecule has 2 heterocycles. The van der Waals surface area contributed by atoms with Crippen molar-refractivity contribution in [2.45, 2.75) is 18.9 Å². The van der Waals surface area contributed by atoms with E-state index in [9.17, 15) is 13.2 Å². The molecule has 1 aromatic heterocycles. The Hall–Kier alpha value is -1.90. The van der Waals surface area contributed by atoms with E-state index >= 15 is 0 Å². The predicted octanol–water partition coefficient (Wildman–Crippen LogP) is 1.34. The predicted molar refractivity (Wildman–Crippen MR) is 96.0 cm³/mol. The van der Waals surface area contributed by atoms with Crippen LogP contribution in [0.3, 0.4) is 0 Å². The minimum absolute atomic E-state index is 0.0585. The lowest BCUT2D eigenvalue weighted by Gasteiger charge is -2.32. The normalized spacial score (nSPS) is 16.4. The number of hydrogen-bond acceptors (Lipinski definition) is 4. The minimum atomic E-state index is -3.33. The Morgan fingerprint density at radius 2 is 2.08 bits per heavy atom. The van der Waals surface area contributed by atoms with Crippen molar-refractivity contribution in [3.8, 4) is 0 Å². The van der Waals surface area contributed by atoms with Crippen LogP contribution in [-0.2, 0) is 14.8 Å². The average molecular weight is 365 g/mol. The Labute approximate surface area is 147 Å². The smallest absolute Gasteiger partial charge is 0.251 e. The van der Waals surface area contributed by atoms with Gasteiger partial charge in [-0.2, -0.15) is 4.31 Å². The molecular formula is C17H23N3O4S. The lowest BCUT2D eigenvalue weighted by atomic mass is 10.1. The molecule has 3 rings (SSSR count). The molecular weight excluding hydrogens is 342 g/mol. The van der Waals surface area contributed by atoms with Gasteiger partial charge < -0.3 is 15.0 Å². The largest absolute Gasteiger partial charge is 0.381 e. The van der Waals surface area contributed by atoms with E-state index in [1.54, 1.807) is 6.07 Å². The summed E-state index contributed by atoms with van der Waals surface area (Å²) in [6.45, 7) is 1.68. The van der Waals surface area contributed by atoms with Crippen molar-refractivity contribution >= 4 is 26.8 Å². The molecule has 0 aliphatic carbocycles. The number of aromatic amines is 1. The van der Waals surface area contributed by atoms with Crippen LogP contribution < -0.4 is 5.32 Å². The van der Waals surface area contributed by atoms with Crippen LogP contribution in [-0.4, -0.2) is 62.2 Å². The standard InChI is InChI=1S/C17H23N3O4S/c1-25(22,23)20(15-5-10-24-11-6-15)9-8-19-17(21)14-2-3-16-13(12-14)4-7-18-16/h2-4,7,12,15,18H,5-6,8-11H2,1H3,(H,19,21). The summed E-state index contributed by atoms with van der Waals surface area (Å²) in [6.07, 6.45) is 4.41. The van der Waals surface area contributed by atoms with Gasteiger partial charge in [0.1, 0.15) is 0 Å². The van der Waals surface area contributed by atoms with Gasteiger partial charge >= 0.3 is 0 Å². The second kappa shape index (κ2) is 7.55. The third kappa shape index (κ3) is 4.39. The third-order valence-corrected chi connectivity index (χ3v) is 5.79. The fourth-order valence-corrected chi connectivity index (χ4v) is 4.34. The first-order valence-electron chi connectivity index (χ1n) is 8.35. The number of fused-ring (bicyclic) bond motifs is 1. The summed E-state index contributed by atoms with van der Waals surface area (Å²) in [5.41, 5.74) is 1.53. The number of carbonyl (C=O) groups excluding carboxylic acids is 1. The molecule has 1 fully saturated rings. The van der Waals surface area contributed by atoms with Gasteiger partial charge in [-0.05, 0) is 37.1 Å². The Bertz CT molecular complexity index is 840. The van der Waals surface area contributed by atoms with Crippen LogP contribution in [0.1, 0.15) is 23.2 Å². The Morgan fingerprint density at radius 1 is 1.32 bits per heavy atom. The molecule has 0 spiro atoms. The average Bonchev–Trinajstić information content (AvgIpc) is 3.05. The van der Waals surface area contributed by atoms with Crippen molar-refractivity contribution in [2.24, 2.45) is 0 Å². The van der Waals surface area contributed by atoms with Crippen LogP contribution in [0.4, 0.5) is 0 Å². The maximum atomic E-state index is 12.3. The zero-order chi connectivity index (χ0) is 17.9. The van der Waals surface area contributed by atoms with Gasteiger partial charge in [0.2, 0.25) is 10.0 Å². The Morgan fingerprint density at radius 3 is 2.80 bits per heavy atom. The number of sulfonamides is 1. The number of carbonyl (C=O) groups is 1. The first-order chi connectivity index (χ1) is 11.9. The summed E-state index contributed by atoms with van der Waals surface area (Å²) >= 11 is 0. The molecule has 7 nitrogen and oxygen atoms in total. The number of hydrogen-bond donors (Lipinski definition) is 2. The van der Waals surface area contributed by atoms with Crippen molar-refractivity contribution in [3.63, 3.8) is 0 Å². The molecule has 8 heteroatoms. The Balaban J connectivity index is 1.60. The van der Waals surface area contributed by atoms with E-state index in [1.807, 2.05) is 24.4 Å². The van der Waals surface area contributed by atoms with Gasteiger partial charge in [-0.15, -0.1) is 0 Å². The molecule has 0 unspecified atom stereocenters. The van der Waals surface area contributed by atoms with Gasteiger partial charge in [-0.1, -0.05) is 0 Å². The zero-order valence-corrected chi connectivity index (χ0v) is 15.0. The van der Waals surface area contributed by atoms with Gasteiger partial charge in [-0.25, -0.2) is 8.42 Å². The molecule has 1 aromatic carbocycles. The fraction of sp³-hybridized carbons (Fsp3) is 0.471. The van der Waals surface area contributed by atoms with Gasteiger partial charge in [0.25, 0.3) is 5.91 Å². The lowest BCUT2D eigenvalue weighted by molar-refractivity contribution is 0.0585. The second-order valence-corrected chi connectivity index (χ2v) is 8.19. The molecule has 1 aliphatic rings. The third-order valence-electron chi connectivity index (χ3n) is 4.46. The first-order valence-corrected chi connectivity index (χ1v) is 10.2. The van der Waals surface area contributed by atoms with E-state index in [0.717, 1.165) is 10.9 Å². The van der Waals surface area contributed by atoms with Gasteiger partial charge in [0.15, 0.2) is 0 Å². The van der Waals surface area contributed by atoms with E-state index in [0.29, 0.717) is 31.6 Å². The summed E-state index contributed by atoms with van der Waals surface area (Å²) in [5.74, 6) is -0.205. The van der Waals surface area contributed by atoms with Crippen LogP contribution in [0.25, 0.3) is 10.9 Å². The second-order valence-electron chi connectivity index (χ2n) is 6.25. The number of aromatic nitrogens is 1. The maximum Gasteiger partial charge on any atom is 0.251 e. The molecule has 1 saturated heterocycles. The van der Waals surface area contributed by atoms with Crippen molar-refractivity contribution < 1.29 is 17.9 Å². The first kappa shape index (κ1) is 17.9. The maximum absolute atomic E-state index is 12.3. The highest BCUT2D eigenvalue weighted by Crippen LogP contribution is 2.17. The summed E-state index contributed by atoms with van der Waals surface area (Å²) in [5, 5.41) is 3.78. The van der Waals surface area contributed by atoms with Crippen LogP contribution in [0, 0.1) is 0 Å². The number of nitrogens with zero attached hydrogens (tertiary/aromatic N) is 1. The molecule has 2 aromatic rings. The highest BCUT2D eigenvalue weighted by molar-refractivity contribution is 7.88. The Kier molecular flexibility index (Phi) is 5.41. The molecule has 1 aliphatic heterocycles. The highest BCUT2D eigenvalue weighted by Gasteiger charge is 2.28.